The largest absolute Gasteiger partial charge is 0.353 e. The summed E-state index contributed by atoms with van der Waals surface area (Å²) in [5.41, 5.74) is 1.41. The van der Waals surface area contributed by atoms with Gasteiger partial charge in [-0.05, 0) is 29.7 Å². The number of nitrogens with zero attached hydrogens (tertiary/aromatic N) is 2. The van der Waals surface area contributed by atoms with Gasteiger partial charge >= 0.3 is 0 Å². The molecule has 0 radical (unpaired) electrons. The van der Waals surface area contributed by atoms with Gasteiger partial charge in [-0.15, -0.1) is 0 Å². The number of rotatable bonds is 3. The molecule has 5 heteroatoms. The number of nitrogens with one attached hydrogen (secondary N) is 2. The molecule has 2 heterocycles. The molecule has 3 rings (SSSR count). The van der Waals surface area contributed by atoms with E-state index < -0.39 is 0 Å². The Labute approximate surface area is 145 Å². The molecule has 2 aliphatic rings. The van der Waals surface area contributed by atoms with Crippen LogP contribution in [0.2, 0.25) is 0 Å². The summed E-state index contributed by atoms with van der Waals surface area (Å²) in [6.07, 6.45) is 8.80. The number of aryl methyl sites for hydroxylation is 1. The highest BCUT2D eigenvalue weighted by Gasteiger charge is 2.39. The van der Waals surface area contributed by atoms with Crippen LogP contribution in [0.5, 0.6) is 0 Å². The predicted octanol–water partition coefficient (Wildman–Crippen LogP) is 2.44. The van der Waals surface area contributed by atoms with Crippen LogP contribution in [0.25, 0.3) is 0 Å². The van der Waals surface area contributed by atoms with Crippen LogP contribution in [-0.4, -0.2) is 34.8 Å². The Morgan fingerprint density at radius 2 is 2.04 bits per heavy atom. The van der Waals surface area contributed by atoms with Gasteiger partial charge in [0.15, 0.2) is 0 Å². The molecule has 4 atom stereocenters. The highest BCUT2D eigenvalue weighted by molar-refractivity contribution is 5.80. The maximum Gasteiger partial charge on any atom is 0.225 e. The lowest BCUT2D eigenvalue weighted by Gasteiger charge is -2.41. The standard InChI is InChI=1S/C19H32N4O/c1-19(2,3)16-7-5-6-8-17(16)22-18(24)15-11-20-10-14(15)13-9-21-23(4)12-13/h9,12,14-17,20H,5-8,10-11H2,1-4H3,(H,22,24)/t14-,15+,16?,17?/m1/s1. The van der Waals surface area contributed by atoms with E-state index in [4.69, 9.17) is 0 Å². The molecule has 2 N–H and O–H groups in total. The van der Waals surface area contributed by atoms with Crippen LogP contribution in [0.1, 0.15) is 57.9 Å². The van der Waals surface area contributed by atoms with Crippen molar-refractivity contribution in [2.45, 2.75) is 58.4 Å². The molecule has 1 saturated carbocycles. The highest BCUT2D eigenvalue weighted by Crippen LogP contribution is 2.38. The second-order valence-electron chi connectivity index (χ2n) is 8.69. The van der Waals surface area contributed by atoms with E-state index in [-0.39, 0.29) is 23.2 Å². The Hall–Kier alpha value is -1.36. The molecule has 1 aliphatic carbocycles. The van der Waals surface area contributed by atoms with Crippen molar-refractivity contribution in [1.29, 1.82) is 0 Å². The van der Waals surface area contributed by atoms with Gasteiger partial charge in [-0.25, -0.2) is 0 Å². The Kier molecular flexibility index (Phi) is 5.00. The van der Waals surface area contributed by atoms with Crippen molar-refractivity contribution >= 4 is 5.91 Å². The second kappa shape index (κ2) is 6.87. The number of aromatic nitrogens is 2. The average Bonchev–Trinajstić information content (AvgIpc) is 3.15. The molecule has 1 aromatic rings. The van der Waals surface area contributed by atoms with Crippen LogP contribution in [-0.2, 0) is 11.8 Å². The monoisotopic (exact) mass is 332 g/mol. The highest BCUT2D eigenvalue weighted by atomic mass is 16.2. The van der Waals surface area contributed by atoms with Gasteiger partial charge in [0.05, 0.1) is 12.1 Å². The summed E-state index contributed by atoms with van der Waals surface area (Å²) >= 11 is 0. The van der Waals surface area contributed by atoms with E-state index in [1.165, 1.54) is 24.8 Å². The molecule has 0 aromatic carbocycles. The van der Waals surface area contributed by atoms with Gasteiger partial charge in [0.25, 0.3) is 0 Å². The molecular weight excluding hydrogens is 300 g/mol. The first-order valence-corrected chi connectivity index (χ1v) is 9.36. The molecule has 2 fully saturated rings. The zero-order chi connectivity index (χ0) is 17.3. The molecule has 0 bridgehead atoms. The van der Waals surface area contributed by atoms with E-state index in [1.807, 2.05) is 24.1 Å². The third kappa shape index (κ3) is 3.66. The molecule has 1 saturated heterocycles. The third-order valence-corrected chi connectivity index (χ3v) is 5.91. The van der Waals surface area contributed by atoms with E-state index in [2.05, 4.69) is 36.5 Å². The Bertz CT molecular complexity index is 574. The fourth-order valence-electron chi connectivity index (χ4n) is 4.57. The van der Waals surface area contributed by atoms with Crippen molar-refractivity contribution in [2.24, 2.45) is 24.3 Å². The van der Waals surface area contributed by atoms with E-state index >= 15 is 0 Å². The molecule has 24 heavy (non-hydrogen) atoms. The van der Waals surface area contributed by atoms with Crippen molar-refractivity contribution in [1.82, 2.24) is 20.4 Å². The van der Waals surface area contributed by atoms with Gasteiger partial charge < -0.3 is 10.6 Å². The minimum atomic E-state index is 0.0109. The maximum atomic E-state index is 13.0. The lowest BCUT2D eigenvalue weighted by molar-refractivity contribution is -0.126. The number of amides is 1. The van der Waals surface area contributed by atoms with Crippen LogP contribution >= 0.6 is 0 Å². The molecule has 2 unspecified atom stereocenters. The van der Waals surface area contributed by atoms with Gasteiger partial charge in [-0.2, -0.15) is 5.10 Å². The fourth-order valence-corrected chi connectivity index (χ4v) is 4.57. The van der Waals surface area contributed by atoms with Gasteiger partial charge in [0, 0.05) is 38.3 Å². The van der Waals surface area contributed by atoms with Gasteiger partial charge in [-0.3, -0.25) is 9.48 Å². The quantitative estimate of drug-likeness (QED) is 0.894. The first kappa shape index (κ1) is 17.5. The molecule has 1 amide bonds. The summed E-state index contributed by atoms with van der Waals surface area (Å²) in [4.78, 5) is 13.0. The first-order chi connectivity index (χ1) is 11.4. The van der Waals surface area contributed by atoms with E-state index in [1.54, 1.807) is 0 Å². The summed E-state index contributed by atoms with van der Waals surface area (Å²) in [5, 5.41) is 11.1. The Morgan fingerprint density at radius 1 is 1.29 bits per heavy atom. The molecule has 0 spiro atoms. The van der Waals surface area contributed by atoms with Crippen LogP contribution in [0.3, 0.4) is 0 Å². The van der Waals surface area contributed by atoms with Gasteiger partial charge in [0.1, 0.15) is 0 Å². The third-order valence-electron chi connectivity index (χ3n) is 5.91. The Morgan fingerprint density at radius 3 is 2.71 bits per heavy atom. The summed E-state index contributed by atoms with van der Waals surface area (Å²) in [6, 6.07) is 0.321. The van der Waals surface area contributed by atoms with Crippen molar-refractivity contribution in [3.8, 4) is 0 Å². The lowest BCUT2D eigenvalue weighted by Crippen LogP contribution is -2.49. The van der Waals surface area contributed by atoms with E-state index in [0.29, 0.717) is 12.0 Å². The van der Waals surface area contributed by atoms with Crippen LogP contribution < -0.4 is 10.6 Å². The zero-order valence-electron chi connectivity index (χ0n) is 15.5. The maximum absolute atomic E-state index is 13.0. The summed E-state index contributed by atoms with van der Waals surface area (Å²) < 4.78 is 1.82. The molecule has 134 valence electrons. The SMILES string of the molecule is Cn1cc([C@H]2CNC[C@@H]2C(=O)NC2CCCCC2C(C)(C)C)cn1. The zero-order valence-corrected chi connectivity index (χ0v) is 15.5. The number of carbonyl (C=O) groups excluding carboxylic acids is 1. The fraction of sp³-hybridized carbons (Fsp3) is 0.789. The molecule has 1 aliphatic heterocycles. The van der Waals surface area contributed by atoms with Crippen molar-refractivity contribution in [3.63, 3.8) is 0 Å². The summed E-state index contributed by atoms with van der Waals surface area (Å²) in [7, 11) is 1.93. The van der Waals surface area contributed by atoms with Crippen molar-refractivity contribution in [3.05, 3.63) is 18.0 Å². The topological polar surface area (TPSA) is 59.0 Å². The van der Waals surface area contributed by atoms with Crippen LogP contribution in [0, 0.1) is 17.3 Å². The minimum absolute atomic E-state index is 0.0109. The van der Waals surface area contributed by atoms with Crippen LogP contribution in [0.15, 0.2) is 12.4 Å². The first-order valence-electron chi connectivity index (χ1n) is 9.36. The lowest BCUT2D eigenvalue weighted by atomic mass is 9.69. The number of hydrogen-bond acceptors (Lipinski definition) is 3. The number of hydrogen-bond donors (Lipinski definition) is 2. The van der Waals surface area contributed by atoms with Crippen molar-refractivity contribution < 1.29 is 4.79 Å². The van der Waals surface area contributed by atoms with Crippen molar-refractivity contribution in [2.75, 3.05) is 13.1 Å². The summed E-state index contributed by atoms with van der Waals surface area (Å²) in [6.45, 7) is 8.53. The molecule has 1 aromatic heterocycles. The predicted molar refractivity (Wildman–Crippen MR) is 95.7 cm³/mol. The normalized spacial score (nSPS) is 31.2. The minimum Gasteiger partial charge on any atom is -0.353 e. The summed E-state index contributed by atoms with van der Waals surface area (Å²) in [5.74, 6) is 1.03. The number of carbonyl (C=O) groups is 1. The average molecular weight is 332 g/mol. The molecule has 5 nitrogen and oxygen atoms in total. The van der Waals surface area contributed by atoms with E-state index in [9.17, 15) is 4.79 Å². The smallest absolute Gasteiger partial charge is 0.225 e. The van der Waals surface area contributed by atoms with Gasteiger partial charge in [0.2, 0.25) is 5.91 Å². The van der Waals surface area contributed by atoms with Gasteiger partial charge in [-0.1, -0.05) is 33.6 Å². The second-order valence-corrected chi connectivity index (χ2v) is 8.69. The van der Waals surface area contributed by atoms with Crippen LogP contribution in [0.4, 0.5) is 0 Å². The molecular formula is C19H32N4O. The van der Waals surface area contributed by atoms with E-state index in [0.717, 1.165) is 19.5 Å². The Balaban J connectivity index is 1.69.